The van der Waals surface area contributed by atoms with Crippen LogP contribution in [0.25, 0.3) is 0 Å². The molecule has 164 valence electrons. The van der Waals surface area contributed by atoms with E-state index in [1.165, 1.54) is 39.0 Å². The van der Waals surface area contributed by atoms with Gasteiger partial charge in [0.2, 0.25) is 0 Å². The Kier molecular flexibility index (Phi) is 11.3. The maximum Gasteiger partial charge on any atom is 0.331 e. The average molecular weight is 413 g/mol. The molecule has 4 nitrogen and oxygen atoms in total. The zero-order chi connectivity index (χ0) is 22.1. The summed E-state index contributed by atoms with van der Waals surface area (Å²) in [5.74, 6) is -1.52. The molecule has 28 heavy (non-hydrogen) atoms. The van der Waals surface area contributed by atoms with Crippen LogP contribution in [-0.4, -0.2) is 25.4 Å². The lowest BCUT2D eigenvalue weighted by atomic mass is 10.0. The summed E-state index contributed by atoms with van der Waals surface area (Å²) in [5.41, 5.74) is 0.782. The Morgan fingerprint density at radius 1 is 0.893 bits per heavy atom. The van der Waals surface area contributed by atoms with Gasteiger partial charge in [-0.05, 0) is 36.4 Å². The van der Waals surface area contributed by atoms with Crippen LogP contribution in [0.1, 0.15) is 107 Å². The third-order valence-corrected chi connectivity index (χ3v) is 12.7. The Morgan fingerprint density at radius 3 is 1.79 bits per heavy atom. The van der Waals surface area contributed by atoms with Crippen LogP contribution < -0.4 is 0 Å². The van der Waals surface area contributed by atoms with Crippen molar-refractivity contribution in [3.8, 4) is 0 Å². The van der Waals surface area contributed by atoms with Crippen molar-refractivity contribution in [3.05, 3.63) is 11.1 Å². The fourth-order valence-electron chi connectivity index (χ4n) is 4.69. The lowest BCUT2D eigenvalue weighted by Gasteiger charge is -2.49. The molecule has 0 aliphatic heterocycles. The molecule has 0 spiro atoms. The first kappa shape index (κ1) is 26.9. The zero-order valence-electron chi connectivity index (χ0n) is 19.8. The van der Waals surface area contributed by atoms with Crippen LogP contribution in [0.3, 0.4) is 0 Å². The first-order valence-corrected chi connectivity index (χ1v) is 13.1. The largest absolute Gasteiger partial charge is 0.515 e. The molecule has 0 aliphatic rings. The highest BCUT2D eigenvalue weighted by Gasteiger charge is 2.56. The molecule has 0 aromatic carbocycles. The van der Waals surface area contributed by atoms with E-state index in [0.29, 0.717) is 0 Å². The van der Waals surface area contributed by atoms with Crippen molar-refractivity contribution in [2.45, 2.75) is 123 Å². The summed E-state index contributed by atoms with van der Waals surface area (Å²) in [6, 6.07) is 0. The van der Waals surface area contributed by atoms with E-state index in [4.69, 9.17) is 4.43 Å². The number of hydrogen-bond donors (Lipinski definition) is 1. The van der Waals surface area contributed by atoms with Gasteiger partial charge < -0.3 is 9.53 Å². The van der Waals surface area contributed by atoms with Crippen LogP contribution >= 0.6 is 0 Å². The Bertz CT molecular complexity index is 539. The molecule has 0 heterocycles. The van der Waals surface area contributed by atoms with Crippen molar-refractivity contribution in [2.24, 2.45) is 0 Å². The molecule has 0 bridgehead atoms. The van der Waals surface area contributed by atoms with Gasteiger partial charge in [-0.2, -0.15) is 0 Å². The van der Waals surface area contributed by atoms with E-state index in [1.807, 2.05) is 0 Å². The molecule has 1 N–H and O–H groups in total. The Hall–Kier alpha value is -1.10. The third kappa shape index (κ3) is 6.75. The Morgan fingerprint density at radius 2 is 1.36 bits per heavy atom. The quantitative estimate of drug-likeness (QED) is 0.196. The predicted molar refractivity (Wildman–Crippen MR) is 120 cm³/mol. The van der Waals surface area contributed by atoms with Crippen LogP contribution in [-0.2, 0) is 14.0 Å². The molecule has 0 aromatic heterocycles. The second kappa shape index (κ2) is 11.8. The van der Waals surface area contributed by atoms with Gasteiger partial charge in [0.05, 0.1) is 0 Å². The number of carboxylic acids is 1. The number of carboxylic acid groups (broad SMARTS) is 1. The van der Waals surface area contributed by atoms with Gasteiger partial charge in [-0.1, -0.05) is 87.0 Å². The predicted octanol–water partition coefficient (Wildman–Crippen LogP) is 7.25. The summed E-state index contributed by atoms with van der Waals surface area (Å²) in [5, 5.41) is 9.15. The number of carbonyl (C=O) groups is 2. The van der Waals surface area contributed by atoms with Crippen LogP contribution in [0.5, 0.6) is 0 Å². The maximum atomic E-state index is 12.9. The standard InChI is InChI=1S/C23H44O4Si/c1-10-11-12-13-14-15-16-23(8,9)28(17(2)3,18(4)5)27-22(26)20(7)19(6)21(24)25/h17-18H,10-16H2,1-9H3,(H,24,25)/b20-19-. The fourth-order valence-corrected chi connectivity index (χ4v) is 10.9. The summed E-state index contributed by atoms with van der Waals surface area (Å²) in [6.45, 7) is 18.4. The lowest BCUT2D eigenvalue weighted by molar-refractivity contribution is -0.135. The SMILES string of the molecule is CCCCCCCCC(C)(C)[Si](OC(=O)/C(C)=C(/C)C(=O)O)(C(C)C)C(C)C. The summed E-state index contributed by atoms with van der Waals surface area (Å²) in [6.07, 6.45) is 8.51. The monoisotopic (exact) mass is 412 g/mol. The van der Waals surface area contributed by atoms with Gasteiger partial charge in [-0.3, -0.25) is 0 Å². The zero-order valence-corrected chi connectivity index (χ0v) is 20.8. The molecule has 0 saturated carbocycles. The van der Waals surface area contributed by atoms with Crippen molar-refractivity contribution in [3.63, 3.8) is 0 Å². The van der Waals surface area contributed by atoms with E-state index in [1.54, 1.807) is 6.92 Å². The highest BCUT2D eigenvalue weighted by molar-refractivity contribution is 6.80. The first-order valence-electron chi connectivity index (χ1n) is 11.0. The maximum absolute atomic E-state index is 12.9. The molecule has 0 rings (SSSR count). The molecule has 5 heteroatoms. The summed E-state index contributed by atoms with van der Waals surface area (Å²) in [7, 11) is -2.54. The molecular formula is C23H44O4Si. The van der Waals surface area contributed by atoms with E-state index in [0.717, 1.165) is 12.8 Å². The van der Waals surface area contributed by atoms with Crippen LogP contribution in [0.2, 0.25) is 16.1 Å². The van der Waals surface area contributed by atoms with Gasteiger partial charge in [-0.25, -0.2) is 9.59 Å². The minimum absolute atomic E-state index is 0.0640. The van der Waals surface area contributed by atoms with Gasteiger partial charge in [0, 0.05) is 11.1 Å². The van der Waals surface area contributed by atoms with Crippen molar-refractivity contribution in [2.75, 3.05) is 0 Å². The van der Waals surface area contributed by atoms with Gasteiger partial charge in [0.15, 0.2) is 0 Å². The Labute approximate surface area is 174 Å². The van der Waals surface area contributed by atoms with E-state index in [9.17, 15) is 14.7 Å². The van der Waals surface area contributed by atoms with Crippen molar-refractivity contribution in [1.29, 1.82) is 0 Å². The van der Waals surface area contributed by atoms with Gasteiger partial charge in [0.25, 0.3) is 8.32 Å². The average Bonchev–Trinajstić information content (AvgIpc) is 2.59. The molecule has 0 saturated heterocycles. The van der Waals surface area contributed by atoms with Crippen molar-refractivity contribution < 1.29 is 19.1 Å². The van der Waals surface area contributed by atoms with Crippen LogP contribution in [0.15, 0.2) is 11.1 Å². The normalized spacial score (nSPS) is 13.7. The topological polar surface area (TPSA) is 63.6 Å². The molecule has 0 atom stereocenters. The first-order chi connectivity index (χ1) is 12.8. The number of unbranched alkanes of at least 4 members (excludes halogenated alkanes) is 5. The molecule has 0 radical (unpaired) electrons. The Balaban J connectivity index is 5.58. The minimum Gasteiger partial charge on any atom is -0.515 e. The molecular weight excluding hydrogens is 368 g/mol. The van der Waals surface area contributed by atoms with Gasteiger partial charge >= 0.3 is 11.9 Å². The molecule has 0 unspecified atom stereocenters. The van der Waals surface area contributed by atoms with E-state index >= 15 is 0 Å². The highest BCUT2D eigenvalue weighted by atomic mass is 28.4. The summed E-state index contributed by atoms with van der Waals surface area (Å²) < 4.78 is 6.33. The van der Waals surface area contributed by atoms with Crippen molar-refractivity contribution >= 4 is 20.3 Å². The third-order valence-electron chi connectivity index (χ3n) is 6.38. The fraction of sp³-hybridized carbons (Fsp3) is 0.826. The second-order valence-corrected chi connectivity index (χ2v) is 14.9. The smallest absolute Gasteiger partial charge is 0.331 e. The highest BCUT2D eigenvalue weighted by Crippen LogP contribution is 2.54. The lowest BCUT2D eigenvalue weighted by Crippen LogP contribution is -2.55. The molecule has 0 aliphatic carbocycles. The number of rotatable bonds is 13. The molecule has 0 fully saturated rings. The van der Waals surface area contributed by atoms with Gasteiger partial charge in [0.1, 0.15) is 0 Å². The van der Waals surface area contributed by atoms with Crippen molar-refractivity contribution in [1.82, 2.24) is 0 Å². The second-order valence-electron chi connectivity index (χ2n) is 9.45. The van der Waals surface area contributed by atoms with E-state index in [2.05, 4.69) is 48.5 Å². The minimum atomic E-state index is -2.54. The van der Waals surface area contributed by atoms with Crippen LogP contribution in [0.4, 0.5) is 0 Å². The summed E-state index contributed by atoms with van der Waals surface area (Å²) >= 11 is 0. The van der Waals surface area contributed by atoms with Gasteiger partial charge in [-0.15, -0.1) is 0 Å². The van der Waals surface area contributed by atoms with Crippen LogP contribution in [0, 0.1) is 0 Å². The number of aliphatic carboxylic acids is 1. The summed E-state index contributed by atoms with van der Waals surface area (Å²) in [4.78, 5) is 24.2. The molecule has 0 amide bonds. The number of carbonyl (C=O) groups excluding carboxylic acids is 1. The number of hydrogen-bond acceptors (Lipinski definition) is 3. The molecule has 0 aromatic rings. The van der Waals surface area contributed by atoms with E-state index < -0.39 is 20.3 Å². The van der Waals surface area contributed by atoms with E-state index in [-0.39, 0.29) is 27.3 Å².